The van der Waals surface area contributed by atoms with Gasteiger partial charge in [-0.1, -0.05) is 41.4 Å². The van der Waals surface area contributed by atoms with Crippen molar-refractivity contribution in [2.45, 2.75) is 13.3 Å². The number of carbonyl (C=O) groups is 2. The second-order valence-corrected chi connectivity index (χ2v) is 6.96. The van der Waals surface area contributed by atoms with E-state index < -0.39 is 5.97 Å². The van der Waals surface area contributed by atoms with E-state index in [1.165, 1.54) is 11.8 Å². The number of benzene rings is 2. The molecule has 3 rings (SSSR count). The molecule has 0 amide bonds. The molecule has 0 spiro atoms. The third kappa shape index (κ3) is 4.50. The summed E-state index contributed by atoms with van der Waals surface area (Å²) in [5, 5.41) is 17.8. The fourth-order valence-electron chi connectivity index (χ4n) is 2.84. The van der Waals surface area contributed by atoms with Crippen molar-refractivity contribution in [3.05, 3.63) is 75.9 Å². The van der Waals surface area contributed by atoms with Gasteiger partial charge in [0.25, 0.3) is 0 Å². The first-order chi connectivity index (χ1) is 14.4. The Balaban J connectivity index is 2.06. The molecule has 0 fully saturated rings. The molecule has 3 aromatic rings. The maximum atomic E-state index is 13.1. The lowest BCUT2D eigenvalue weighted by atomic mass is 10.0. The highest BCUT2D eigenvalue weighted by Gasteiger charge is 2.25. The molecular formula is C22H19ClN4O3. The summed E-state index contributed by atoms with van der Waals surface area (Å²) in [6.07, 6.45) is 0.0917. The number of anilines is 1. The van der Waals surface area contributed by atoms with Crippen LogP contribution in [0.1, 0.15) is 33.6 Å². The van der Waals surface area contributed by atoms with Crippen molar-refractivity contribution in [2.75, 3.05) is 19.0 Å². The molecule has 0 atom stereocenters. The number of nitrogens with zero attached hydrogens (tertiary/aromatic N) is 3. The number of hydrogen-bond donors (Lipinski definition) is 1. The van der Waals surface area contributed by atoms with E-state index in [9.17, 15) is 14.9 Å². The molecule has 1 N–H and O–H groups in total. The summed E-state index contributed by atoms with van der Waals surface area (Å²) in [7, 11) is 1.30. The quantitative estimate of drug-likeness (QED) is 0.458. The molecule has 0 aliphatic rings. The number of aryl methyl sites for hydroxylation is 1. The Morgan fingerprint density at radius 2 is 1.83 bits per heavy atom. The minimum Gasteiger partial charge on any atom is -0.469 e. The van der Waals surface area contributed by atoms with Gasteiger partial charge in [0.2, 0.25) is 5.78 Å². The van der Waals surface area contributed by atoms with Crippen LogP contribution in [0.15, 0.2) is 48.5 Å². The normalized spacial score (nSPS) is 10.3. The van der Waals surface area contributed by atoms with Crippen LogP contribution in [-0.4, -0.2) is 35.2 Å². The summed E-state index contributed by atoms with van der Waals surface area (Å²) < 4.78 is 6.11. The monoisotopic (exact) mass is 422 g/mol. The van der Waals surface area contributed by atoms with E-state index in [1.807, 2.05) is 19.1 Å². The zero-order valence-electron chi connectivity index (χ0n) is 16.5. The number of methoxy groups -OCH3 is 1. The second-order valence-electron chi connectivity index (χ2n) is 6.52. The lowest BCUT2D eigenvalue weighted by Gasteiger charge is -2.10. The number of halogens is 1. The molecule has 0 bridgehead atoms. The van der Waals surface area contributed by atoms with Gasteiger partial charge in [-0.25, -0.2) is 4.68 Å². The molecule has 1 heterocycles. The average Bonchev–Trinajstić information content (AvgIpc) is 3.12. The minimum atomic E-state index is -0.394. The topological polar surface area (TPSA) is 97.0 Å². The first-order valence-electron chi connectivity index (χ1n) is 9.15. The SMILES string of the molecule is COC(=O)CCNc1c(C#N)c(C(=O)c2ccc(C)cc2)nn1-c1ccc(Cl)cc1. The smallest absolute Gasteiger partial charge is 0.307 e. The van der Waals surface area contributed by atoms with Crippen LogP contribution < -0.4 is 5.32 Å². The summed E-state index contributed by atoms with van der Waals surface area (Å²) in [6.45, 7) is 2.13. The van der Waals surface area contributed by atoms with E-state index in [0.29, 0.717) is 22.1 Å². The Bertz CT molecular complexity index is 1110. The number of esters is 1. The van der Waals surface area contributed by atoms with Crippen LogP contribution in [0.25, 0.3) is 5.69 Å². The molecule has 0 aliphatic carbocycles. The van der Waals surface area contributed by atoms with Crippen molar-refractivity contribution in [3.63, 3.8) is 0 Å². The van der Waals surface area contributed by atoms with Gasteiger partial charge >= 0.3 is 5.97 Å². The molecule has 1 aromatic heterocycles. The molecule has 8 heteroatoms. The van der Waals surface area contributed by atoms with Crippen LogP contribution in [0.2, 0.25) is 5.02 Å². The van der Waals surface area contributed by atoms with Crippen LogP contribution in [0.5, 0.6) is 0 Å². The number of nitrogens with one attached hydrogen (secondary N) is 1. The standard InChI is InChI=1S/C22H19ClN4O3/c1-14-3-5-15(6-4-14)21(29)20-18(13-24)22(25-12-11-19(28)30-2)27(26-20)17-9-7-16(23)8-10-17/h3-10,25H,11-12H2,1-2H3. The number of aromatic nitrogens is 2. The predicted octanol–water partition coefficient (Wildman–Crippen LogP) is 3.91. The summed E-state index contributed by atoms with van der Waals surface area (Å²) in [6, 6.07) is 15.9. The van der Waals surface area contributed by atoms with Gasteiger partial charge in [-0.2, -0.15) is 10.4 Å². The largest absolute Gasteiger partial charge is 0.469 e. The van der Waals surface area contributed by atoms with Gasteiger partial charge in [0.15, 0.2) is 5.69 Å². The number of nitriles is 1. The molecular weight excluding hydrogens is 404 g/mol. The molecule has 152 valence electrons. The van der Waals surface area contributed by atoms with Crippen molar-refractivity contribution < 1.29 is 14.3 Å². The predicted molar refractivity (Wildman–Crippen MR) is 113 cm³/mol. The van der Waals surface area contributed by atoms with E-state index >= 15 is 0 Å². The van der Waals surface area contributed by atoms with Crippen LogP contribution >= 0.6 is 11.6 Å². The molecule has 0 aliphatic heterocycles. The summed E-state index contributed by atoms with van der Waals surface area (Å²) >= 11 is 5.98. The zero-order valence-corrected chi connectivity index (χ0v) is 17.2. The van der Waals surface area contributed by atoms with Gasteiger partial charge in [0, 0.05) is 17.1 Å². The maximum absolute atomic E-state index is 13.1. The van der Waals surface area contributed by atoms with E-state index in [4.69, 9.17) is 11.6 Å². The van der Waals surface area contributed by atoms with Gasteiger partial charge in [-0.05, 0) is 31.2 Å². The molecule has 0 saturated heterocycles. The van der Waals surface area contributed by atoms with Crippen LogP contribution in [0, 0.1) is 18.3 Å². The third-order valence-corrected chi connectivity index (χ3v) is 4.70. The molecule has 2 aromatic carbocycles. The zero-order chi connectivity index (χ0) is 21.7. The lowest BCUT2D eigenvalue weighted by molar-refractivity contribution is -0.140. The molecule has 0 saturated carbocycles. The van der Waals surface area contributed by atoms with Crippen molar-refractivity contribution in [1.29, 1.82) is 5.26 Å². The highest BCUT2D eigenvalue weighted by atomic mass is 35.5. The first kappa shape index (κ1) is 21.1. The molecule has 0 radical (unpaired) electrons. The highest BCUT2D eigenvalue weighted by Crippen LogP contribution is 2.26. The van der Waals surface area contributed by atoms with Crippen LogP contribution in [0.3, 0.4) is 0 Å². The Morgan fingerprint density at radius 3 is 2.43 bits per heavy atom. The number of ether oxygens (including phenoxy) is 1. The number of ketones is 1. The fourth-order valence-corrected chi connectivity index (χ4v) is 2.97. The summed E-state index contributed by atoms with van der Waals surface area (Å²) in [5.74, 6) is -0.441. The Hall–Kier alpha value is -3.63. The second kappa shape index (κ2) is 9.25. The van der Waals surface area contributed by atoms with Gasteiger partial charge < -0.3 is 10.1 Å². The van der Waals surface area contributed by atoms with Gasteiger partial charge in [0.1, 0.15) is 17.5 Å². The van der Waals surface area contributed by atoms with Crippen LogP contribution in [-0.2, 0) is 9.53 Å². The average molecular weight is 423 g/mol. The minimum absolute atomic E-state index is 0.0249. The van der Waals surface area contributed by atoms with Crippen molar-refractivity contribution >= 4 is 29.2 Å². The van der Waals surface area contributed by atoms with Gasteiger partial charge in [0.05, 0.1) is 19.2 Å². The number of rotatable bonds is 7. The van der Waals surface area contributed by atoms with E-state index in [1.54, 1.807) is 36.4 Å². The highest BCUT2D eigenvalue weighted by molar-refractivity contribution is 6.30. The molecule has 30 heavy (non-hydrogen) atoms. The van der Waals surface area contributed by atoms with Crippen molar-refractivity contribution in [1.82, 2.24) is 9.78 Å². The first-order valence-corrected chi connectivity index (χ1v) is 9.53. The lowest BCUT2D eigenvalue weighted by Crippen LogP contribution is -2.13. The summed E-state index contributed by atoms with van der Waals surface area (Å²) in [4.78, 5) is 24.5. The van der Waals surface area contributed by atoms with Crippen molar-refractivity contribution in [2.24, 2.45) is 0 Å². The molecule has 7 nitrogen and oxygen atoms in total. The Morgan fingerprint density at radius 1 is 1.17 bits per heavy atom. The van der Waals surface area contributed by atoms with Gasteiger partial charge in [-0.15, -0.1) is 0 Å². The summed E-state index contributed by atoms with van der Waals surface area (Å²) in [5.41, 5.74) is 2.18. The van der Waals surface area contributed by atoms with E-state index in [2.05, 4.69) is 21.2 Å². The maximum Gasteiger partial charge on any atom is 0.307 e. The van der Waals surface area contributed by atoms with Crippen LogP contribution in [0.4, 0.5) is 5.82 Å². The number of carbonyl (C=O) groups excluding carboxylic acids is 2. The van der Waals surface area contributed by atoms with E-state index in [-0.39, 0.29) is 30.0 Å². The molecule has 0 unspecified atom stereocenters. The third-order valence-electron chi connectivity index (χ3n) is 4.45. The number of hydrogen-bond acceptors (Lipinski definition) is 6. The van der Waals surface area contributed by atoms with E-state index in [0.717, 1.165) is 5.56 Å². The van der Waals surface area contributed by atoms with Gasteiger partial charge in [-0.3, -0.25) is 9.59 Å². The Labute approximate surface area is 178 Å². The fraction of sp³-hybridized carbons (Fsp3) is 0.182. The van der Waals surface area contributed by atoms with Crippen molar-refractivity contribution in [3.8, 4) is 11.8 Å². The Kier molecular flexibility index (Phi) is 6.50.